The summed E-state index contributed by atoms with van der Waals surface area (Å²) in [6.07, 6.45) is 1.70. The van der Waals surface area contributed by atoms with Crippen molar-refractivity contribution in [2.75, 3.05) is 20.1 Å². The van der Waals surface area contributed by atoms with Gasteiger partial charge in [0.15, 0.2) is 0 Å². The Kier molecular flexibility index (Phi) is 4.80. The molecule has 6 heteroatoms. The van der Waals surface area contributed by atoms with E-state index >= 15 is 0 Å². The summed E-state index contributed by atoms with van der Waals surface area (Å²) in [4.78, 5) is 2.51. The van der Waals surface area contributed by atoms with Crippen LogP contribution in [-0.2, 0) is 10.0 Å². The van der Waals surface area contributed by atoms with Gasteiger partial charge in [0.05, 0.1) is 4.90 Å². The summed E-state index contributed by atoms with van der Waals surface area (Å²) in [6, 6.07) is 6.70. The molecular weight excluding hydrogens is 274 g/mol. The van der Waals surface area contributed by atoms with Crippen molar-refractivity contribution in [3.05, 3.63) is 29.8 Å². The van der Waals surface area contributed by atoms with Crippen molar-refractivity contribution in [1.29, 1.82) is 0 Å². The van der Waals surface area contributed by atoms with Crippen LogP contribution in [0.3, 0.4) is 0 Å². The number of nitrogens with one attached hydrogen (secondary N) is 1. The van der Waals surface area contributed by atoms with Crippen LogP contribution in [0, 0.1) is 0 Å². The molecular formula is C14H23N3O2S. The molecule has 1 saturated heterocycles. The van der Waals surface area contributed by atoms with E-state index in [1.807, 2.05) is 13.0 Å². The third-order valence-corrected chi connectivity index (χ3v) is 5.25. The Hall–Kier alpha value is -0.950. The van der Waals surface area contributed by atoms with Crippen molar-refractivity contribution in [2.24, 2.45) is 5.73 Å². The number of hydrogen-bond acceptors (Lipinski definition) is 4. The number of nitrogens with zero attached hydrogens (tertiary/aromatic N) is 1. The van der Waals surface area contributed by atoms with Crippen LogP contribution in [0.5, 0.6) is 0 Å². The maximum absolute atomic E-state index is 12.4. The lowest BCUT2D eigenvalue weighted by atomic mass is 10.1. The van der Waals surface area contributed by atoms with Gasteiger partial charge in [-0.05, 0) is 57.6 Å². The zero-order valence-corrected chi connectivity index (χ0v) is 12.9. The second-order valence-corrected chi connectivity index (χ2v) is 7.27. The predicted octanol–water partition coefficient (Wildman–Crippen LogP) is 1.08. The van der Waals surface area contributed by atoms with Gasteiger partial charge in [0.2, 0.25) is 10.0 Å². The molecule has 1 unspecified atom stereocenters. The predicted molar refractivity (Wildman–Crippen MR) is 79.9 cm³/mol. The number of benzene rings is 1. The fourth-order valence-electron chi connectivity index (χ4n) is 2.38. The van der Waals surface area contributed by atoms with Crippen LogP contribution in [0.15, 0.2) is 29.2 Å². The summed E-state index contributed by atoms with van der Waals surface area (Å²) in [5, 5.41) is 0. The summed E-state index contributed by atoms with van der Waals surface area (Å²) in [5.74, 6) is 0. The molecule has 1 aliphatic heterocycles. The molecule has 0 radical (unpaired) electrons. The Morgan fingerprint density at radius 2 is 2.00 bits per heavy atom. The Morgan fingerprint density at radius 1 is 1.35 bits per heavy atom. The summed E-state index contributed by atoms with van der Waals surface area (Å²) >= 11 is 0. The van der Waals surface area contributed by atoms with Crippen LogP contribution >= 0.6 is 0 Å². The molecule has 1 atom stereocenters. The summed E-state index contributed by atoms with van der Waals surface area (Å²) < 4.78 is 27.6. The molecule has 1 aliphatic rings. The largest absolute Gasteiger partial charge is 0.324 e. The normalized spacial score (nSPS) is 19.9. The minimum absolute atomic E-state index is 0.0233. The molecule has 1 heterocycles. The molecule has 3 N–H and O–H groups in total. The van der Waals surface area contributed by atoms with E-state index in [0.717, 1.165) is 31.5 Å². The van der Waals surface area contributed by atoms with Crippen LogP contribution in [0.2, 0.25) is 0 Å². The average Bonchev–Trinajstić information content (AvgIpc) is 2.41. The maximum atomic E-state index is 12.4. The summed E-state index contributed by atoms with van der Waals surface area (Å²) in [6.45, 7) is 3.69. The van der Waals surface area contributed by atoms with Crippen molar-refractivity contribution < 1.29 is 8.42 Å². The van der Waals surface area contributed by atoms with E-state index < -0.39 is 10.0 Å². The van der Waals surface area contributed by atoms with Gasteiger partial charge in [-0.3, -0.25) is 0 Å². The van der Waals surface area contributed by atoms with Crippen molar-refractivity contribution in [1.82, 2.24) is 9.62 Å². The smallest absolute Gasteiger partial charge is 0.240 e. The Morgan fingerprint density at radius 3 is 2.60 bits per heavy atom. The van der Waals surface area contributed by atoms with Gasteiger partial charge in [0.1, 0.15) is 0 Å². The summed E-state index contributed by atoms with van der Waals surface area (Å²) in [5.41, 5.74) is 6.63. The third kappa shape index (κ3) is 3.79. The van der Waals surface area contributed by atoms with Gasteiger partial charge in [0, 0.05) is 12.1 Å². The molecule has 5 nitrogen and oxygen atoms in total. The number of likely N-dealkylation sites (tertiary alicyclic amines) is 1. The topological polar surface area (TPSA) is 75.4 Å². The molecule has 0 aliphatic carbocycles. The van der Waals surface area contributed by atoms with Gasteiger partial charge in [-0.1, -0.05) is 12.1 Å². The molecule has 20 heavy (non-hydrogen) atoms. The minimum atomic E-state index is -3.46. The molecule has 0 saturated carbocycles. The zero-order valence-electron chi connectivity index (χ0n) is 12.0. The first-order valence-corrected chi connectivity index (χ1v) is 8.43. The van der Waals surface area contributed by atoms with Crippen LogP contribution in [0.1, 0.15) is 31.4 Å². The monoisotopic (exact) mass is 297 g/mol. The Balaban J connectivity index is 2.12. The highest BCUT2D eigenvalue weighted by atomic mass is 32.2. The van der Waals surface area contributed by atoms with Gasteiger partial charge in [0.25, 0.3) is 0 Å². The first kappa shape index (κ1) is 15.4. The van der Waals surface area contributed by atoms with E-state index in [-0.39, 0.29) is 12.1 Å². The van der Waals surface area contributed by atoms with E-state index in [1.54, 1.807) is 18.2 Å². The number of hydrogen-bond donors (Lipinski definition) is 2. The van der Waals surface area contributed by atoms with Crippen LogP contribution in [0.4, 0.5) is 0 Å². The van der Waals surface area contributed by atoms with Gasteiger partial charge in [-0.2, -0.15) is 0 Å². The molecule has 0 bridgehead atoms. The van der Waals surface area contributed by atoms with Crippen molar-refractivity contribution in [3.63, 3.8) is 0 Å². The lowest BCUT2D eigenvalue weighted by molar-refractivity contribution is 0.248. The lowest BCUT2D eigenvalue weighted by Gasteiger charge is -2.29. The van der Waals surface area contributed by atoms with Crippen molar-refractivity contribution in [2.45, 2.75) is 36.7 Å². The minimum Gasteiger partial charge on any atom is -0.324 e. The molecule has 1 fully saturated rings. The first-order chi connectivity index (χ1) is 9.38. The highest BCUT2D eigenvalue weighted by molar-refractivity contribution is 7.89. The second kappa shape index (κ2) is 6.22. The highest BCUT2D eigenvalue weighted by Crippen LogP contribution is 2.18. The fourth-order valence-corrected chi connectivity index (χ4v) is 3.74. The van der Waals surface area contributed by atoms with E-state index in [0.29, 0.717) is 4.90 Å². The third-order valence-electron chi connectivity index (χ3n) is 3.73. The number of nitrogens with two attached hydrogens (primary N) is 1. The number of rotatable bonds is 4. The van der Waals surface area contributed by atoms with Crippen LogP contribution < -0.4 is 10.5 Å². The zero-order chi connectivity index (χ0) is 14.8. The van der Waals surface area contributed by atoms with Gasteiger partial charge < -0.3 is 10.6 Å². The van der Waals surface area contributed by atoms with Gasteiger partial charge in [-0.15, -0.1) is 0 Å². The maximum Gasteiger partial charge on any atom is 0.240 e. The Labute approximate surface area is 121 Å². The van der Waals surface area contributed by atoms with Crippen LogP contribution in [-0.4, -0.2) is 39.5 Å². The fraction of sp³-hybridized carbons (Fsp3) is 0.571. The van der Waals surface area contributed by atoms with E-state index in [9.17, 15) is 8.42 Å². The van der Waals surface area contributed by atoms with Gasteiger partial charge in [-0.25, -0.2) is 13.1 Å². The summed E-state index contributed by atoms with van der Waals surface area (Å²) in [7, 11) is -1.41. The molecule has 2 rings (SSSR count). The number of sulfonamides is 1. The lowest BCUT2D eigenvalue weighted by Crippen LogP contribution is -2.43. The Bertz CT molecular complexity index is 549. The molecule has 0 amide bonds. The van der Waals surface area contributed by atoms with Crippen molar-refractivity contribution in [3.8, 4) is 0 Å². The number of piperidine rings is 1. The van der Waals surface area contributed by atoms with E-state index in [1.165, 1.54) is 0 Å². The molecule has 1 aromatic rings. The first-order valence-electron chi connectivity index (χ1n) is 6.95. The van der Waals surface area contributed by atoms with E-state index in [2.05, 4.69) is 16.7 Å². The molecule has 1 aromatic carbocycles. The average molecular weight is 297 g/mol. The second-order valence-electron chi connectivity index (χ2n) is 5.56. The van der Waals surface area contributed by atoms with Gasteiger partial charge >= 0.3 is 0 Å². The van der Waals surface area contributed by atoms with Crippen LogP contribution in [0.25, 0.3) is 0 Å². The highest BCUT2D eigenvalue weighted by Gasteiger charge is 2.23. The quantitative estimate of drug-likeness (QED) is 0.872. The molecule has 0 spiro atoms. The molecule has 112 valence electrons. The SMILES string of the molecule is CC(N)c1cccc(S(=O)(=O)NC2CCN(C)CC2)c1. The standard InChI is InChI=1S/C14H23N3O2S/c1-11(15)12-4-3-5-14(10-12)20(18,19)16-13-6-8-17(2)9-7-13/h3-5,10-11,13,16H,6-9,15H2,1-2H3. The van der Waals surface area contributed by atoms with Crippen molar-refractivity contribution >= 4 is 10.0 Å². The van der Waals surface area contributed by atoms with E-state index in [4.69, 9.17) is 5.73 Å². The molecule has 0 aromatic heterocycles.